The minimum absolute atomic E-state index is 0.00824. The van der Waals surface area contributed by atoms with Gasteiger partial charge in [0.05, 0.1) is 7.05 Å². The van der Waals surface area contributed by atoms with Gasteiger partial charge in [0.15, 0.2) is 5.69 Å². The van der Waals surface area contributed by atoms with Crippen molar-refractivity contribution in [2.45, 2.75) is 0 Å². The van der Waals surface area contributed by atoms with E-state index in [0.717, 1.165) is 6.20 Å². The largest absolute Gasteiger partial charge is 0.383 e. The van der Waals surface area contributed by atoms with Gasteiger partial charge >= 0.3 is 5.82 Å². The Kier molecular flexibility index (Phi) is 2.70. The van der Waals surface area contributed by atoms with Gasteiger partial charge < -0.3 is 21.6 Å². The van der Waals surface area contributed by atoms with E-state index >= 15 is 0 Å². The zero-order valence-electron chi connectivity index (χ0n) is 10.2. The number of nitro groups is 1. The molecule has 1 amide bonds. The number of carbonyl (C=O) groups is 1. The first-order valence-electron chi connectivity index (χ1n) is 5.13. The van der Waals surface area contributed by atoms with Crippen LogP contribution in [0.4, 0.5) is 11.6 Å². The summed E-state index contributed by atoms with van der Waals surface area (Å²) in [7, 11) is 2.97. The fourth-order valence-corrected chi connectivity index (χ4v) is 1.73. The minimum Gasteiger partial charge on any atom is -0.383 e. The smallest absolute Gasteiger partial charge is 0.342 e. The van der Waals surface area contributed by atoms with E-state index in [1.165, 1.54) is 23.3 Å². The van der Waals surface area contributed by atoms with Crippen molar-refractivity contribution >= 4 is 17.5 Å². The number of hydrogen-bond donors (Lipinski definition) is 2. The molecule has 100 valence electrons. The summed E-state index contributed by atoms with van der Waals surface area (Å²) < 4.78 is 2.46. The molecule has 0 aromatic carbocycles. The molecule has 2 aromatic heterocycles. The number of aromatic nitrogens is 4. The van der Waals surface area contributed by atoms with Crippen LogP contribution in [0.5, 0.6) is 0 Å². The zero-order chi connectivity index (χ0) is 14.3. The number of aryl methyl sites for hydroxylation is 1. The molecule has 0 aliphatic heterocycles. The van der Waals surface area contributed by atoms with Gasteiger partial charge in [0.2, 0.25) is 5.82 Å². The lowest BCUT2D eigenvalue weighted by Crippen LogP contribution is -2.14. The van der Waals surface area contributed by atoms with Crippen molar-refractivity contribution in [3.05, 3.63) is 21.9 Å². The molecule has 4 N–H and O–H groups in total. The lowest BCUT2D eigenvalue weighted by Gasteiger charge is -1.98. The fourth-order valence-electron chi connectivity index (χ4n) is 1.73. The molecular formula is C9H11N7O3. The third-order valence-electron chi connectivity index (χ3n) is 2.70. The maximum Gasteiger partial charge on any atom is 0.342 e. The molecule has 10 heteroatoms. The number of carbonyl (C=O) groups excluding carboxylic acids is 1. The molecule has 0 aliphatic carbocycles. The second-order valence-electron chi connectivity index (χ2n) is 3.85. The van der Waals surface area contributed by atoms with Crippen molar-refractivity contribution in [1.82, 2.24) is 19.3 Å². The maximum atomic E-state index is 11.4. The summed E-state index contributed by atoms with van der Waals surface area (Å²) in [5.74, 6) is -0.776. The van der Waals surface area contributed by atoms with Gasteiger partial charge in [-0.2, -0.15) is 5.10 Å². The van der Waals surface area contributed by atoms with Crippen LogP contribution in [0.3, 0.4) is 0 Å². The van der Waals surface area contributed by atoms with Crippen LogP contribution in [0.25, 0.3) is 11.5 Å². The van der Waals surface area contributed by atoms with E-state index in [9.17, 15) is 14.9 Å². The summed E-state index contributed by atoms with van der Waals surface area (Å²) in [6.07, 6.45) is 1.07. The second kappa shape index (κ2) is 4.08. The third kappa shape index (κ3) is 1.78. The molecule has 0 spiro atoms. The Hall–Kier alpha value is -2.91. The number of hydrogen-bond acceptors (Lipinski definition) is 6. The molecule has 0 bridgehead atoms. The number of nitrogen functional groups attached to an aromatic ring is 1. The maximum absolute atomic E-state index is 11.4. The van der Waals surface area contributed by atoms with Gasteiger partial charge in [-0.05, 0) is 4.92 Å². The van der Waals surface area contributed by atoms with E-state index in [4.69, 9.17) is 11.5 Å². The van der Waals surface area contributed by atoms with Gasteiger partial charge in [-0.3, -0.25) is 9.48 Å². The van der Waals surface area contributed by atoms with Gasteiger partial charge in [0, 0.05) is 7.05 Å². The molecule has 19 heavy (non-hydrogen) atoms. The molecule has 0 saturated carbocycles. The predicted molar refractivity (Wildman–Crippen MR) is 65.0 cm³/mol. The fraction of sp³-hybridized carbons (Fsp3) is 0.222. The van der Waals surface area contributed by atoms with Gasteiger partial charge in [0.25, 0.3) is 5.91 Å². The van der Waals surface area contributed by atoms with Gasteiger partial charge in [-0.25, -0.2) is 9.55 Å². The first kappa shape index (κ1) is 12.5. The van der Waals surface area contributed by atoms with Crippen molar-refractivity contribution in [3.63, 3.8) is 0 Å². The topological polar surface area (TPSA) is 148 Å². The summed E-state index contributed by atoms with van der Waals surface area (Å²) in [5.41, 5.74) is 11.0. The Morgan fingerprint density at radius 1 is 1.47 bits per heavy atom. The minimum atomic E-state index is -0.772. The number of primary amides is 1. The van der Waals surface area contributed by atoms with Crippen LogP contribution in [-0.4, -0.2) is 30.2 Å². The molecule has 2 heterocycles. The third-order valence-corrected chi connectivity index (χ3v) is 2.70. The van der Waals surface area contributed by atoms with Crippen LogP contribution in [-0.2, 0) is 14.1 Å². The van der Waals surface area contributed by atoms with Crippen molar-refractivity contribution in [1.29, 1.82) is 0 Å². The van der Waals surface area contributed by atoms with Gasteiger partial charge in [-0.15, -0.1) is 0 Å². The number of nitrogens with two attached hydrogens (primary N) is 2. The Balaban J connectivity index is 2.69. The summed E-state index contributed by atoms with van der Waals surface area (Å²) in [6, 6.07) is 0. The molecular weight excluding hydrogens is 254 g/mol. The highest BCUT2D eigenvalue weighted by molar-refractivity contribution is 6.02. The summed E-state index contributed by atoms with van der Waals surface area (Å²) in [5, 5.41) is 14.8. The molecule has 0 unspecified atom stereocenters. The molecule has 2 aromatic rings. The molecule has 0 aliphatic rings. The number of nitrogens with zero attached hydrogens (tertiary/aromatic N) is 5. The number of amides is 1. The Bertz CT molecular complexity index is 684. The number of rotatable bonds is 3. The lowest BCUT2D eigenvalue weighted by atomic mass is 10.2. The first-order chi connectivity index (χ1) is 8.84. The van der Waals surface area contributed by atoms with Crippen molar-refractivity contribution in [2.24, 2.45) is 19.8 Å². The molecule has 10 nitrogen and oxygen atoms in total. The second-order valence-corrected chi connectivity index (χ2v) is 3.85. The summed E-state index contributed by atoms with van der Waals surface area (Å²) in [6.45, 7) is 0. The van der Waals surface area contributed by atoms with Crippen LogP contribution >= 0.6 is 0 Å². The van der Waals surface area contributed by atoms with Crippen LogP contribution < -0.4 is 11.5 Å². The average Bonchev–Trinajstić information content (AvgIpc) is 2.81. The van der Waals surface area contributed by atoms with Crippen molar-refractivity contribution < 1.29 is 9.72 Å². The number of anilines is 1. The van der Waals surface area contributed by atoms with E-state index < -0.39 is 10.8 Å². The van der Waals surface area contributed by atoms with E-state index in [2.05, 4.69) is 10.1 Å². The Morgan fingerprint density at radius 2 is 2.11 bits per heavy atom. The Labute approximate surface area is 106 Å². The summed E-state index contributed by atoms with van der Waals surface area (Å²) >= 11 is 0. The molecule has 0 radical (unpaired) electrons. The number of imidazole rings is 1. The van der Waals surface area contributed by atoms with Crippen molar-refractivity contribution in [2.75, 3.05) is 5.73 Å². The standard InChI is InChI=1S/C9H11N7O3/c1-14-4(16(18)19)3-12-9(14)6-5(8(11)17)7(10)15(2)13-6/h3H,10H2,1-2H3,(H2,11,17). The molecule has 0 atom stereocenters. The van der Waals surface area contributed by atoms with Crippen LogP contribution in [0.15, 0.2) is 6.20 Å². The van der Waals surface area contributed by atoms with E-state index in [-0.39, 0.29) is 28.7 Å². The molecule has 2 rings (SSSR count). The highest BCUT2D eigenvalue weighted by Crippen LogP contribution is 2.27. The van der Waals surface area contributed by atoms with Crippen LogP contribution in [0.1, 0.15) is 10.4 Å². The van der Waals surface area contributed by atoms with E-state index in [0.29, 0.717) is 0 Å². The molecule has 0 fully saturated rings. The van der Waals surface area contributed by atoms with Gasteiger partial charge in [0.1, 0.15) is 17.6 Å². The van der Waals surface area contributed by atoms with Crippen LogP contribution in [0.2, 0.25) is 0 Å². The van der Waals surface area contributed by atoms with Crippen LogP contribution in [0, 0.1) is 10.1 Å². The highest BCUT2D eigenvalue weighted by atomic mass is 16.6. The predicted octanol–water partition coefficient (Wildman–Crippen LogP) is -0.590. The molecule has 0 saturated heterocycles. The zero-order valence-corrected chi connectivity index (χ0v) is 10.2. The average molecular weight is 265 g/mol. The van der Waals surface area contributed by atoms with E-state index in [1.54, 1.807) is 0 Å². The lowest BCUT2D eigenvalue weighted by molar-refractivity contribution is -0.391. The monoisotopic (exact) mass is 265 g/mol. The highest BCUT2D eigenvalue weighted by Gasteiger charge is 2.27. The van der Waals surface area contributed by atoms with E-state index in [1.807, 2.05) is 0 Å². The first-order valence-corrected chi connectivity index (χ1v) is 5.13. The quantitative estimate of drug-likeness (QED) is 0.559. The normalized spacial score (nSPS) is 10.6. The SMILES string of the molecule is Cn1nc(-c2ncc([N+](=O)[O-])n2C)c(C(N)=O)c1N. The summed E-state index contributed by atoms with van der Waals surface area (Å²) in [4.78, 5) is 25.5. The van der Waals surface area contributed by atoms with Crippen molar-refractivity contribution in [3.8, 4) is 11.5 Å². The van der Waals surface area contributed by atoms with Gasteiger partial charge in [-0.1, -0.05) is 0 Å². The Morgan fingerprint density at radius 3 is 2.58 bits per heavy atom.